The molecule has 4 heteroatoms. The molecule has 3 aromatic rings. The zero-order chi connectivity index (χ0) is 18.5. The van der Waals surface area contributed by atoms with E-state index in [-0.39, 0.29) is 11.5 Å². The number of Topliss-reactive ketones (excluding diaryl/α,β-unsaturated/α-hetero) is 1. The Kier molecular flexibility index (Phi) is 5.74. The minimum Gasteiger partial charge on any atom is -0.454 e. The summed E-state index contributed by atoms with van der Waals surface area (Å²) in [6.45, 7) is 3.57. The van der Waals surface area contributed by atoms with Gasteiger partial charge >= 0.3 is 5.97 Å². The summed E-state index contributed by atoms with van der Waals surface area (Å²) >= 11 is 1.41. The molecule has 0 unspecified atom stereocenters. The second kappa shape index (κ2) is 8.19. The van der Waals surface area contributed by atoms with Crippen molar-refractivity contribution in [2.45, 2.75) is 24.8 Å². The number of esters is 1. The van der Waals surface area contributed by atoms with Crippen molar-refractivity contribution in [1.82, 2.24) is 0 Å². The summed E-state index contributed by atoms with van der Waals surface area (Å²) in [5.41, 5.74) is 1.64. The Hall–Kier alpha value is -2.59. The van der Waals surface area contributed by atoms with Crippen molar-refractivity contribution in [3.05, 3.63) is 77.9 Å². The van der Waals surface area contributed by atoms with Crippen LogP contribution in [0.15, 0.2) is 71.6 Å². The first-order valence-corrected chi connectivity index (χ1v) is 9.43. The van der Waals surface area contributed by atoms with Crippen LogP contribution in [0, 0.1) is 6.92 Å². The van der Waals surface area contributed by atoms with Crippen LogP contribution >= 0.6 is 11.8 Å². The standard InChI is InChI=1S/C22H20O3S/c1-15-7-9-18(10-8-15)22(24)16(2)25-21(23)14-26-20-12-11-17-5-3-4-6-19(17)13-20/h3-13,16H,14H2,1-2H3/t16-/m1/s1. The first-order chi connectivity index (χ1) is 12.5. The van der Waals surface area contributed by atoms with Crippen LogP contribution in [0.4, 0.5) is 0 Å². The van der Waals surface area contributed by atoms with Crippen LogP contribution in [0.1, 0.15) is 22.8 Å². The summed E-state index contributed by atoms with van der Waals surface area (Å²) < 4.78 is 5.30. The van der Waals surface area contributed by atoms with Gasteiger partial charge in [-0.25, -0.2) is 0 Å². The lowest BCUT2D eigenvalue weighted by molar-refractivity contribution is -0.143. The molecule has 0 fully saturated rings. The molecule has 0 saturated carbocycles. The predicted molar refractivity (Wildman–Crippen MR) is 106 cm³/mol. The number of benzene rings is 3. The lowest BCUT2D eigenvalue weighted by Crippen LogP contribution is -2.25. The van der Waals surface area contributed by atoms with Gasteiger partial charge in [0, 0.05) is 10.5 Å². The fraction of sp³-hybridized carbons (Fsp3) is 0.182. The molecule has 0 aliphatic carbocycles. The number of fused-ring (bicyclic) bond motifs is 1. The van der Waals surface area contributed by atoms with Crippen LogP contribution in [0.25, 0.3) is 10.8 Å². The number of carbonyl (C=O) groups is 2. The lowest BCUT2D eigenvalue weighted by Gasteiger charge is -2.12. The van der Waals surface area contributed by atoms with Crippen molar-refractivity contribution >= 4 is 34.3 Å². The SMILES string of the molecule is Cc1ccc(C(=O)[C@@H](C)OC(=O)CSc2ccc3ccccc3c2)cc1. The topological polar surface area (TPSA) is 43.4 Å². The fourth-order valence-corrected chi connectivity index (χ4v) is 3.36. The molecule has 0 saturated heterocycles. The molecule has 3 rings (SSSR count). The Balaban J connectivity index is 1.55. The van der Waals surface area contributed by atoms with E-state index >= 15 is 0 Å². The van der Waals surface area contributed by atoms with Gasteiger partial charge in [0.1, 0.15) is 0 Å². The predicted octanol–water partition coefficient (Wildman–Crippen LogP) is 5.05. The van der Waals surface area contributed by atoms with Gasteiger partial charge in [0.05, 0.1) is 5.75 Å². The molecule has 3 aromatic carbocycles. The van der Waals surface area contributed by atoms with E-state index in [1.807, 2.05) is 55.5 Å². The molecule has 132 valence electrons. The second-order valence-corrected chi connectivity index (χ2v) is 7.21. The Bertz CT molecular complexity index is 932. The summed E-state index contributed by atoms with van der Waals surface area (Å²) in [7, 11) is 0. The van der Waals surface area contributed by atoms with Crippen molar-refractivity contribution in [3.63, 3.8) is 0 Å². The van der Waals surface area contributed by atoms with Crippen LogP contribution in [0.3, 0.4) is 0 Å². The number of carbonyl (C=O) groups excluding carboxylic acids is 2. The maximum Gasteiger partial charge on any atom is 0.316 e. The molecule has 0 amide bonds. The van der Waals surface area contributed by atoms with Gasteiger partial charge in [-0.15, -0.1) is 11.8 Å². The number of ketones is 1. The van der Waals surface area contributed by atoms with Crippen LogP contribution in [0.5, 0.6) is 0 Å². The number of ether oxygens (including phenoxy) is 1. The van der Waals surface area contributed by atoms with E-state index in [4.69, 9.17) is 4.74 Å². The van der Waals surface area contributed by atoms with Gasteiger partial charge in [0.15, 0.2) is 6.10 Å². The molecule has 0 radical (unpaired) electrons. The normalized spacial score (nSPS) is 11.9. The quantitative estimate of drug-likeness (QED) is 0.348. The highest BCUT2D eigenvalue weighted by Gasteiger charge is 2.19. The molecule has 0 spiro atoms. The summed E-state index contributed by atoms with van der Waals surface area (Å²) in [4.78, 5) is 25.4. The highest BCUT2D eigenvalue weighted by atomic mass is 32.2. The smallest absolute Gasteiger partial charge is 0.316 e. The van der Waals surface area contributed by atoms with Gasteiger partial charge in [0.25, 0.3) is 0 Å². The molecule has 3 nitrogen and oxygen atoms in total. The van der Waals surface area contributed by atoms with E-state index < -0.39 is 12.1 Å². The molecule has 0 bridgehead atoms. The monoisotopic (exact) mass is 364 g/mol. The highest BCUT2D eigenvalue weighted by molar-refractivity contribution is 8.00. The summed E-state index contributed by atoms with van der Waals surface area (Å²) in [6.07, 6.45) is -0.789. The van der Waals surface area contributed by atoms with Gasteiger partial charge in [-0.05, 0) is 36.8 Å². The third kappa shape index (κ3) is 4.52. The van der Waals surface area contributed by atoms with Crippen molar-refractivity contribution < 1.29 is 14.3 Å². The van der Waals surface area contributed by atoms with E-state index in [0.717, 1.165) is 21.2 Å². The Labute approximate surface area is 157 Å². The van der Waals surface area contributed by atoms with Crippen LogP contribution in [0.2, 0.25) is 0 Å². The maximum atomic E-state index is 12.3. The Morgan fingerprint density at radius 1 is 0.962 bits per heavy atom. The highest BCUT2D eigenvalue weighted by Crippen LogP contribution is 2.24. The molecule has 0 aromatic heterocycles. The fourth-order valence-electron chi connectivity index (χ4n) is 2.64. The zero-order valence-electron chi connectivity index (χ0n) is 14.8. The molecule has 0 aliphatic rings. The summed E-state index contributed by atoms with van der Waals surface area (Å²) in [5, 5.41) is 2.30. The third-order valence-electron chi connectivity index (χ3n) is 4.09. The van der Waals surface area contributed by atoms with Crippen molar-refractivity contribution in [2.24, 2.45) is 0 Å². The number of hydrogen-bond acceptors (Lipinski definition) is 4. The molecule has 26 heavy (non-hydrogen) atoms. The number of thioether (sulfide) groups is 1. The van der Waals surface area contributed by atoms with E-state index in [1.54, 1.807) is 19.1 Å². The van der Waals surface area contributed by atoms with Gasteiger partial charge in [-0.3, -0.25) is 9.59 Å². The molecule has 0 N–H and O–H groups in total. The van der Waals surface area contributed by atoms with Crippen LogP contribution in [-0.4, -0.2) is 23.6 Å². The van der Waals surface area contributed by atoms with Gasteiger partial charge < -0.3 is 4.74 Å². The maximum absolute atomic E-state index is 12.3. The number of aryl methyl sites for hydroxylation is 1. The molecule has 1 atom stereocenters. The largest absolute Gasteiger partial charge is 0.454 e. The zero-order valence-corrected chi connectivity index (χ0v) is 15.6. The number of rotatable bonds is 6. The molecular weight excluding hydrogens is 344 g/mol. The summed E-state index contributed by atoms with van der Waals surface area (Å²) in [5.74, 6) is -0.408. The average molecular weight is 364 g/mol. The lowest BCUT2D eigenvalue weighted by atomic mass is 10.1. The third-order valence-corrected chi connectivity index (χ3v) is 5.06. The van der Waals surface area contributed by atoms with Gasteiger partial charge in [-0.2, -0.15) is 0 Å². The van der Waals surface area contributed by atoms with E-state index in [0.29, 0.717) is 5.56 Å². The van der Waals surface area contributed by atoms with E-state index in [1.165, 1.54) is 11.8 Å². The van der Waals surface area contributed by atoms with Crippen molar-refractivity contribution in [2.75, 3.05) is 5.75 Å². The first kappa shape index (κ1) is 18.2. The van der Waals surface area contributed by atoms with E-state index in [2.05, 4.69) is 6.07 Å². The van der Waals surface area contributed by atoms with E-state index in [9.17, 15) is 9.59 Å². The van der Waals surface area contributed by atoms with Crippen molar-refractivity contribution in [1.29, 1.82) is 0 Å². The number of hydrogen-bond donors (Lipinski definition) is 0. The Morgan fingerprint density at radius 3 is 2.38 bits per heavy atom. The molecule has 0 aliphatic heterocycles. The first-order valence-electron chi connectivity index (χ1n) is 8.45. The summed E-state index contributed by atoms with van der Waals surface area (Å²) in [6, 6.07) is 21.4. The minimum absolute atomic E-state index is 0.170. The van der Waals surface area contributed by atoms with Crippen molar-refractivity contribution in [3.8, 4) is 0 Å². The minimum atomic E-state index is -0.789. The van der Waals surface area contributed by atoms with Gasteiger partial charge in [0.2, 0.25) is 5.78 Å². The van der Waals surface area contributed by atoms with Crippen LogP contribution in [-0.2, 0) is 9.53 Å². The Morgan fingerprint density at radius 2 is 1.65 bits per heavy atom. The van der Waals surface area contributed by atoms with Crippen LogP contribution < -0.4 is 0 Å². The second-order valence-electron chi connectivity index (χ2n) is 6.16. The van der Waals surface area contributed by atoms with Gasteiger partial charge in [-0.1, -0.05) is 60.2 Å². The molecular formula is C22H20O3S. The average Bonchev–Trinajstić information content (AvgIpc) is 2.66. The molecule has 0 heterocycles.